The fourth-order valence-electron chi connectivity index (χ4n) is 5.53. The van der Waals surface area contributed by atoms with Crippen LogP contribution in [0.2, 0.25) is 0 Å². The molecular formula is C35H36N4O3. The zero-order valence-corrected chi connectivity index (χ0v) is 24.4. The van der Waals surface area contributed by atoms with Gasteiger partial charge in [0.05, 0.1) is 25.1 Å². The Balaban J connectivity index is 1.28. The second-order valence-electron chi connectivity index (χ2n) is 10.7. The van der Waals surface area contributed by atoms with Crippen LogP contribution in [-0.4, -0.2) is 65.0 Å². The number of carbonyl (C=O) groups excluding carboxylic acids is 1. The number of methoxy groups -OCH3 is 1. The number of aryl methyl sites for hydroxylation is 1. The molecule has 7 heteroatoms. The largest absolute Gasteiger partial charge is 0.497 e. The lowest BCUT2D eigenvalue weighted by molar-refractivity contribution is 0.0627. The quantitative estimate of drug-likeness (QED) is 0.222. The molecule has 6 rings (SSSR count). The molecule has 1 saturated heterocycles. The third-order valence-corrected chi connectivity index (χ3v) is 7.89. The topological polar surface area (TPSA) is 59.3 Å². The van der Waals surface area contributed by atoms with Gasteiger partial charge in [-0.3, -0.25) is 9.69 Å². The van der Waals surface area contributed by atoms with E-state index in [2.05, 4.69) is 71.0 Å². The van der Waals surface area contributed by atoms with Crippen molar-refractivity contribution in [3.63, 3.8) is 0 Å². The normalized spacial score (nSPS) is 13.8. The van der Waals surface area contributed by atoms with E-state index >= 15 is 0 Å². The van der Waals surface area contributed by atoms with Crippen molar-refractivity contribution in [2.45, 2.75) is 20.4 Å². The number of imidazole rings is 1. The highest BCUT2D eigenvalue weighted by Crippen LogP contribution is 2.30. The Morgan fingerprint density at radius 1 is 0.833 bits per heavy atom. The van der Waals surface area contributed by atoms with Crippen LogP contribution in [0.1, 0.15) is 28.5 Å². The second kappa shape index (κ2) is 12.1. The molecule has 3 heterocycles. The van der Waals surface area contributed by atoms with Gasteiger partial charge in [-0.15, -0.1) is 0 Å². The highest BCUT2D eigenvalue weighted by Gasteiger charge is 2.25. The third-order valence-electron chi connectivity index (χ3n) is 7.89. The zero-order valence-electron chi connectivity index (χ0n) is 24.4. The number of piperazine rings is 1. The smallest absolute Gasteiger partial charge is 0.253 e. The lowest BCUT2D eigenvalue weighted by atomic mass is 10.1. The predicted octanol–water partition coefficient (Wildman–Crippen LogP) is 6.34. The Kier molecular flexibility index (Phi) is 7.93. The minimum absolute atomic E-state index is 0.0615. The molecule has 0 spiro atoms. The molecule has 0 aliphatic carbocycles. The van der Waals surface area contributed by atoms with Crippen molar-refractivity contribution < 1.29 is 14.3 Å². The van der Waals surface area contributed by atoms with E-state index in [-0.39, 0.29) is 5.91 Å². The fraction of sp³-hybridized carbons (Fsp3) is 0.257. The van der Waals surface area contributed by atoms with Crippen molar-refractivity contribution in [2.75, 3.05) is 39.9 Å². The Morgan fingerprint density at radius 2 is 1.57 bits per heavy atom. The number of hydrogen-bond donors (Lipinski definition) is 0. The van der Waals surface area contributed by atoms with E-state index in [0.29, 0.717) is 25.3 Å². The van der Waals surface area contributed by atoms with Crippen molar-refractivity contribution in [3.05, 3.63) is 108 Å². The summed E-state index contributed by atoms with van der Waals surface area (Å²) < 4.78 is 13.2. The van der Waals surface area contributed by atoms with Gasteiger partial charge in [-0.05, 0) is 73.5 Å². The van der Waals surface area contributed by atoms with E-state index in [1.165, 1.54) is 5.56 Å². The molecule has 1 aliphatic heterocycles. The first-order chi connectivity index (χ1) is 20.5. The van der Waals surface area contributed by atoms with Gasteiger partial charge >= 0.3 is 0 Å². The molecule has 0 saturated carbocycles. The minimum Gasteiger partial charge on any atom is -0.497 e. The van der Waals surface area contributed by atoms with Crippen LogP contribution >= 0.6 is 0 Å². The maximum absolute atomic E-state index is 13.1. The number of nitrogens with zero attached hydrogens (tertiary/aromatic N) is 4. The molecule has 1 aliphatic rings. The monoisotopic (exact) mass is 560 g/mol. The maximum Gasteiger partial charge on any atom is 0.253 e. The Bertz CT molecular complexity index is 1680. The highest BCUT2D eigenvalue weighted by atomic mass is 16.5. The van der Waals surface area contributed by atoms with Crippen LogP contribution in [0.5, 0.6) is 11.5 Å². The van der Waals surface area contributed by atoms with E-state index in [1.54, 1.807) is 7.11 Å². The molecule has 1 amide bonds. The maximum atomic E-state index is 13.1. The molecule has 42 heavy (non-hydrogen) atoms. The van der Waals surface area contributed by atoms with Gasteiger partial charge in [0.15, 0.2) is 0 Å². The molecule has 5 aromatic rings. The summed E-state index contributed by atoms with van der Waals surface area (Å²) in [6.45, 7) is 8.40. The molecule has 0 N–H and O–H groups in total. The SMILES string of the molecule is CCOc1cccc(-c2ccc3nc(-c4ccc(C)cc4)c(CN4CCN(C(=O)c5ccc(OC)cc5)CC4)n3c2)c1. The van der Waals surface area contributed by atoms with Crippen LogP contribution in [0.15, 0.2) is 91.1 Å². The molecule has 0 bridgehead atoms. The summed E-state index contributed by atoms with van der Waals surface area (Å²) in [6.07, 6.45) is 2.18. The standard InChI is InChI=1S/C35H36N4O3/c1-4-42-31-7-5-6-28(22-31)29-14-17-33-36-34(26-10-8-25(2)9-11-26)32(39(33)23-29)24-37-18-20-38(21-19-37)35(40)27-12-15-30(41-3)16-13-27/h5-17,22-23H,4,18-21,24H2,1-3H3. The summed E-state index contributed by atoms with van der Waals surface area (Å²) in [5.74, 6) is 1.67. The Morgan fingerprint density at radius 3 is 2.29 bits per heavy atom. The number of rotatable bonds is 8. The van der Waals surface area contributed by atoms with Crippen molar-refractivity contribution >= 4 is 11.6 Å². The van der Waals surface area contributed by atoms with Crippen LogP contribution in [0.4, 0.5) is 0 Å². The summed E-state index contributed by atoms with van der Waals surface area (Å²) in [6, 6.07) is 28.3. The van der Waals surface area contributed by atoms with Gasteiger partial charge in [0.25, 0.3) is 5.91 Å². The number of pyridine rings is 1. The number of benzene rings is 3. The minimum atomic E-state index is 0.0615. The lowest BCUT2D eigenvalue weighted by Crippen LogP contribution is -2.48. The van der Waals surface area contributed by atoms with Crippen LogP contribution in [-0.2, 0) is 6.54 Å². The zero-order chi connectivity index (χ0) is 29.1. The van der Waals surface area contributed by atoms with Crippen LogP contribution in [0.3, 0.4) is 0 Å². The average molecular weight is 561 g/mol. The molecule has 3 aromatic carbocycles. The van der Waals surface area contributed by atoms with Crippen LogP contribution < -0.4 is 9.47 Å². The van der Waals surface area contributed by atoms with Crippen molar-refractivity contribution in [1.82, 2.24) is 19.2 Å². The van der Waals surface area contributed by atoms with E-state index in [9.17, 15) is 4.79 Å². The third kappa shape index (κ3) is 5.74. The van der Waals surface area contributed by atoms with E-state index in [1.807, 2.05) is 48.2 Å². The van der Waals surface area contributed by atoms with Gasteiger partial charge in [0.1, 0.15) is 17.1 Å². The molecule has 0 atom stereocenters. The number of hydrogen-bond acceptors (Lipinski definition) is 5. The number of carbonyl (C=O) groups is 1. The fourth-order valence-corrected chi connectivity index (χ4v) is 5.53. The molecule has 7 nitrogen and oxygen atoms in total. The number of fused-ring (bicyclic) bond motifs is 1. The van der Waals surface area contributed by atoms with Gasteiger partial charge in [-0.1, -0.05) is 42.0 Å². The van der Waals surface area contributed by atoms with Crippen LogP contribution in [0, 0.1) is 6.92 Å². The molecule has 2 aromatic heterocycles. The Hall–Kier alpha value is -4.62. The van der Waals surface area contributed by atoms with Gasteiger partial charge in [-0.25, -0.2) is 4.98 Å². The van der Waals surface area contributed by atoms with Gasteiger partial charge in [0, 0.05) is 50.0 Å². The van der Waals surface area contributed by atoms with Gasteiger partial charge < -0.3 is 18.8 Å². The first-order valence-corrected chi connectivity index (χ1v) is 14.5. The molecule has 1 fully saturated rings. The summed E-state index contributed by atoms with van der Waals surface area (Å²) in [5, 5.41) is 0. The average Bonchev–Trinajstić information content (AvgIpc) is 3.39. The van der Waals surface area contributed by atoms with Crippen LogP contribution in [0.25, 0.3) is 28.0 Å². The van der Waals surface area contributed by atoms with Crippen molar-refractivity contribution in [2.24, 2.45) is 0 Å². The number of aromatic nitrogens is 2. The van der Waals surface area contributed by atoms with Gasteiger partial charge in [0.2, 0.25) is 0 Å². The van der Waals surface area contributed by atoms with Crippen molar-refractivity contribution in [1.29, 1.82) is 0 Å². The number of amides is 1. The first-order valence-electron chi connectivity index (χ1n) is 14.5. The van der Waals surface area contributed by atoms with Crippen molar-refractivity contribution in [3.8, 4) is 33.9 Å². The van der Waals surface area contributed by atoms with E-state index in [0.717, 1.165) is 64.9 Å². The van der Waals surface area contributed by atoms with Gasteiger partial charge in [-0.2, -0.15) is 0 Å². The predicted molar refractivity (Wildman–Crippen MR) is 166 cm³/mol. The summed E-state index contributed by atoms with van der Waals surface area (Å²) >= 11 is 0. The van der Waals surface area contributed by atoms with E-state index in [4.69, 9.17) is 14.5 Å². The first kappa shape index (κ1) is 27.5. The molecular weight excluding hydrogens is 524 g/mol. The van der Waals surface area contributed by atoms with E-state index < -0.39 is 0 Å². The summed E-state index contributed by atoms with van der Waals surface area (Å²) in [7, 11) is 1.63. The lowest BCUT2D eigenvalue weighted by Gasteiger charge is -2.34. The Labute approximate surface area is 246 Å². The summed E-state index contributed by atoms with van der Waals surface area (Å²) in [5.41, 5.74) is 8.27. The molecule has 0 unspecified atom stereocenters. The highest BCUT2D eigenvalue weighted by molar-refractivity contribution is 5.94. The summed E-state index contributed by atoms with van der Waals surface area (Å²) in [4.78, 5) is 22.6. The second-order valence-corrected chi connectivity index (χ2v) is 10.7. The molecule has 0 radical (unpaired) electrons. The number of ether oxygens (including phenoxy) is 2. The molecule has 214 valence electrons.